The molecule has 0 saturated carbocycles. The minimum atomic E-state index is -0.185. The molecule has 6 nitrogen and oxygen atoms in total. The summed E-state index contributed by atoms with van der Waals surface area (Å²) < 4.78 is 3.67. The monoisotopic (exact) mass is 270 g/mol. The Hall–Kier alpha value is -2.44. The Morgan fingerprint density at radius 1 is 0.950 bits per heavy atom. The summed E-state index contributed by atoms with van der Waals surface area (Å²) in [5.41, 5.74) is 2.97. The highest BCUT2D eigenvalue weighted by Gasteiger charge is 2.10. The Balaban J connectivity index is 1.97. The van der Waals surface area contributed by atoms with E-state index in [2.05, 4.69) is 9.97 Å². The zero-order valence-corrected chi connectivity index (χ0v) is 10.7. The third-order valence-electron chi connectivity index (χ3n) is 3.18. The molecule has 0 saturated heterocycles. The highest BCUT2D eigenvalue weighted by molar-refractivity contribution is 5.43. The maximum Gasteiger partial charge on any atom is 0.0999 e. The Morgan fingerprint density at radius 3 is 2.30 bits per heavy atom. The van der Waals surface area contributed by atoms with Crippen molar-refractivity contribution < 1.29 is 10.2 Å². The first-order chi connectivity index (χ1) is 9.83. The van der Waals surface area contributed by atoms with Gasteiger partial charge in [-0.25, -0.2) is 9.97 Å². The van der Waals surface area contributed by atoms with Crippen LogP contribution in [0, 0.1) is 0 Å². The predicted molar refractivity (Wildman–Crippen MR) is 72.5 cm³/mol. The molecule has 102 valence electrons. The molecule has 0 fully saturated rings. The van der Waals surface area contributed by atoms with Gasteiger partial charge in [-0.05, 0) is 24.3 Å². The van der Waals surface area contributed by atoms with E-state index in [1.54, 1.807) is 23.4 Å². The minimum Gasteiger partial charge on any atom is -0.390 e. The zero-order valence-electron chi connectivity index (χ0n) is 10.7. The number of hydrogen-bond acceptors (Lipinski definition) is 4. The molecule has 0 aliphatic rings. The third-order valence-corrected chi connectivity index (χ3v) is 3.18. The van der Waals surface area contributed by atoms with Gasteiger partial charge in [0.2, 0.25) is 0 Å². The van der Waals surface area contributed by atoms with Crippen LogP contribution >= 0.6 is 0 Å². The van der Waals surface area contributed by atoms with Gasteiger partial charge in [0.05, 0.1) is 37.3 Å². The van der Waals surface area contributed by atoms with Crippen LogP contribution in [0.1, 0.15) is 11.4 Å². The summed E-state index contributed by atoms with van der Waals surface area (Å²) in [5.74, 6) is 0. The van der Waals surface area contributed by atoms with Gasteiger partial charge in [0.1, 0.15) is 0 Å². The molecule has 0 aliphatic heterocycles. The number of hydrogen-bond donors (Lipinski definition) is 2. The molecule has 0 amide bonds. The topological polar surface area (TPSA) is 76.1 Å². The molecule has 20 heavy (non-hydrogen) atoms. The fourth-order valence-electron chi connectivity index (χ4n) is 2.13. The van der Waals surface area contributed by atoms with Crippen LogP contribution in [0.4, 0.5) is 0 Å². The highest BCUT2D eigenvalue weighted by atomic mass is 16.3. The zero-order chi connectivity index (χ0) is 13.9. The lowest BCUT2D eigenvalue weighted by Gasteiger charge is -2.09. The summed E-state index contributed by atoms with van der Waals surface area (Å²) in [7, 11) is 0. The fourth-order valence-corrected chi connectivity index (χ4v) is 2.13. The summed E-state index contributed by atoms with van der Waals surface area (Å²) in [6.45, 7) is -0.352. The van der Waals surface area contributed by atoms with Crippen molar-refractivity contribution in [2.24, 2.45) is 0 Å². The third kappa shape index (κ3) is 2.11. The first-order valence-electron chi connectivity index (χ1n) is 6.19. The van der Waals surface area contributed by atoms with Crippen LogP contribution in [0.15, 0.2) is 49.3 Å². The molecular formula is C14H14N4O2. The van der Waals surface area contributed by atoms with E-state index in [0.717, 1.165) is 11.4 Å². The molecule has 0 radical (unpaired) electrons. The molecule has 0 aliphatic carbocycles. The van der Waals surface area contributed by atoms with Crippen molar-refractivity contribution in [1.82, 2.24) is 19.1 Å². The molecule has 1 aromatic carbocycles. The Kier molecular flexibility index (Phi) is 3.32. The molecule has 0 bridgehead atoms. The summed E-state index contributed by atoms with van der Waals surface area (Å²) in [5, 5.41) is 18.6. The lowest BCUT2D eigenvalue weighted by molar-refractivity contribution is 0.253. The predicted octanol–water partition coefficient (Wildman–Crippen LogP) is 1.04. The largest absolute Gasteiger partial charge is 0.390 e. The van der Waals surface area contributed by atoms with E-state index in [-0.39, 0.29) is 13.2 Å². The van der Waals surface area contributed by atoms with Crippen LogP contribution < -0.4 is 0 Å². The molecule has 6 heteroatoms. The van der Waals surface area contributed by atoms with Gasteiger partial charge in [0.25, 0.3) is 0 Å². The van der Waals surface area contributed by atoms with Gasteiger partial charge < -0.3 is 19.3 Å². The van der Waals surface area contributed by atoms with Crippen molar-refractivity contribution in [3.63, 3.8) is 0 Å². The van der Waals surface area contributed by atoms with E-state index in [9.17, 15) is 10.2 Å². The number of aliphatic hydroxyl groups excluding tert-OH is 2. The molecule has 0 unspecified atom stereocenters. The van der Waals surface area contributed by atoms with Crippen molar-refractivity contribution in [3.8, 4) is 11.4 Å². The summed E-state index contributed by atoms with van der Waals surface area (Å²) >= 11 is 0. The minimum absolute atomic E-state index is 0.167. The molecule has 3 rings (SSSR count). The summed E-state index contributed by atoms with van der Waals surface area (Å²) in [6.07, 6.45) is 6.93. The number of aliphatic hydroxyl groups is 2. The summed E-state index contributed by atoms with van der Waals surface area (Å²) in [4.78, 5) is 8.10. The lowest BCUT2D eigenvalue weighted by Crippen LogP contribution is -2.02. The molecule has 0 spiro atoms. The molecule has 2 aromatic heterocycles. The number of nitrogens with zero attached hydrogens (tertiary/aromatic N) is 4. The van der Waals surface area contributed by atoms with Gasteiger partial charge in [-0.15, -0.1) is 0 Å². The number of benzene rings is 1. The lowest BCUT2D eigenvalue weighted by atomic mass is 10.2. The normalized spacial score (nSPS) is 10.9. The van der Waals surface area contributed by atoms with Crippen LogP contribution in [-0.4, -0.2) is 29.3 Å². The SMILES string of the molecule is OCc1ncn(-c2ccc(-n3ccnc3)cc2)c1CO. The molecular weight excluding hydrogens is 256 g/mol. The van der Waals surface area contributed by atoms with Gasteiger partial charge in [-0.1, -0.05) is 0 Å². The molecule has 3 aromatic rings. The van der Waals surface area contributed by atoms with Gasteiger partial charge in [-0.2, -0.15) is 0 Å². The van der Waals surface area contributed by atoms with E-state index in [0.29, 0.717) is 11.4 Å². The van der Waals surface area contributed by atoms with E-state index in [1.807, 2.05) is 35.0 Å². The van der Waals surface area contributed by atoms with E-state index in [1.165, 1.54) is 0 Å². The van der Waals surface area contributed by atoms with Crippen molar-refractivity contribution in [2.75, 3.05) is 0 Å². The summed E-state index contributed by atoms with van der Waals surface area (Å²) in [6, 6.07) is 7.77. The maximum atomic E-state index is 9.40. The van der Waals surface area contributed by atoms with Gasteiger partial charge >= 0.3 is 0 Å². The van der Waals surface area contributed by atoms with Crippen molar-refractivity contribution in [2.45, 2.75) is 13.2 Å². The Labute approximate surface area is 115 Å². The molecule has 0 atom stereocenters. The fraction of sp³-hybridized carbons (Fsp3) is 0.143. The van der Waals surface area contributed by atoms with Crippen LogP contribution in [-0.2, 0) is 13.2 Å². The number of rotatable bonds is 4. The van der Waals surface area contributed by atoms with Crippen LogP contribution in [0.5, 0.6) is 0 Å². The Morgan fingerprint density at radius 2 is 1.70 bits per heavy atom. The van der Waals surface area contributed by atoms with Crippen molar-refractivity contribution in [1.29, 1.82) is 0 Å². The van der Waals surface area contributed by atoms with E-state index < -0.39 is 0 Å². The molecule has 2 heterocycles. The number of imidazole rings is 2. The second kappa shape index (κ2) is 5.28. The van der Waals surface area contributed by atoms with Crippen molar-refractivity contribution in [3.05, 3.63) is 60.7 Å². The smallest absolute Gasteiger partial charge is 0.0999 e. The first-order valence-corrected chi connectivity index (χ1v) is 6.19. The molecule has 2 N–H and O–H groups in total. The van der Waals surface area contributed by atoms with Crippen LogP contribution in [0.2, 0.25) is 0 Å². The standard InChI is InChI=1S/C14H14N4O2/c19-7-13-14(8-20)18(10-16-13)12-3-1-11(2-4-12)17-6-5-15-9-17/h1-6,9-10,19-20H,7-8H2. The Bertz CT molecular complexity index is 687. The average molecular weight is 270 g/mol. The van der Waals surface area contributed by atoms with E-state index >= 15 is 0 Å². The maximum absolute atomic E-state index is 9.40. The number of aromatic nitrogens is 4. The van der Waals surface area contributed by atoms with Gasteiger partial charge in [0, 0.05) is 23.8 Å². The quantitative estimate of drug-likeness (QED) is 0.742. The van der Waals surface area contributed by atoms with Crippen LogP contribution in [0.25, 0.3) is 11.4 Å². The highest BCUT2D eigenvalue weighted by Crippen LogP contribution is 2.17. The van der Waals surface area contributed by atoms with Gasteiger partial charge in [-0.3, -0.25) is 0 Å². The van der Waals surface area contributed by atoms with Crippen LogP contribution in [0.3, 0.4) is 0 Å². The second-order valence-electron chi connectivity index (χ2n) is 4.31. The van der Waals surface area contributed by atoms with Gasteiger partial charge in [0.15, 0.2) is 0 Å². The van der Waals surface area contributed by atoms with Crippen molar-refractivity contribution >= 4 is 0 Å². The average Bonchev–Trinajstić information content (AvgIpc) is 3.16. The first kappa shape index (κ1) is 12.6. The van der Waals surface area contributed by atoms with E-state index in [4.69, 9.17) is 0 Å². The second-order valence-corrected chi connectivity index (χ2v) is 4.31.